The van der Waals surface area contributed by atoms with Crippen molar-refractivity contribution in [3.05, 3.63) is 93.6 Å². The molecular weight excluding hydrogens is 508 g/mol. The second kappa shape index (κ2) is 7.60. The smallest absolute Gasteiger partial charge is 0.166 e. The molecule has 1 aromatic heterocycles. The van der Waals surface area contributed by atoms with Gasteiger partial charge in [0.25, 0.3) is 0 Å². The van der Waals surface area contributed by atoms with Gasteiger partial charge >= 0.3 is 0 Å². The number of ether oxygens (including phenoxy) is 1. The minimum atomic E-state index is -0.977. The predicted octanol–water partition coefficient (Wildman–Crippen LogP) is 5.75. The largest absolute Gasteiger partial charge is 0.504 e. The molecule has 0 amide bonds. The first-order valence-electron chi connectivity index (χ1n) is 14.3. The van der Waals surface area contributed by atoms with Gasteiger partial charge in [-0.25, -0.2) is 0 Å². The molecule has 39 heavy (non-hydrogen) atoms. The Balaban J connectivity index is 1.31. The lowest BCUT2D eigenvalue weighted by Gasteiger charge is -2.63. The molecular formula is C33H31ClN2O3. The summed E-state index contributed by atoms with van der Waals surface area (Å²) in [4.78, 5) is 2.59. The van der Waals surface area contributed by atoms with Gasteiger partial charge in [-0.1, -0.05) is 48.0 Å². The molecule has 0 radical (unpaired) electrons. The number of aromatic nitrogens is 1. The standard InChI is InChI=1S/C33H31ClN2O3/c34-22-5-3-4-20(14-22)18-36-25-7-2-1-6-23(25)24-16-33(38)27-15-21-10-11-26(37)30-28(21)32(33,31(39-30)29(24)36)12-13-35(27)17-19-8-9-19/h1-7,10-11,14,19,27,31,37-38H,8-9,12-13,15-18H2/t27-,31-,32-,33+/m0/s1. The van der Waals surface area contributed by atoms with Crippen molar-refractivity contribution in [1.29, 1.82) is 0 Å². The molecule has 4 atom stereocenters. The van der Waals surface area contributed by atoms with E-state index in [1.54, 1.807) is 6.07 Å². The SMILES string of the molecule is Oc1ccc2c3c1O[C@H]1c4c(c5ccccc5n4Cc4cccc(Cl)c4)C[C@@]4(O)[C@H](C2)N(CC2CC2)CC[C@]314. The number of aliphatic hydroxyl groups is 1. The molecule has 6 heteroatoms. The lowest BCUT2D eigenvalue weighted by molar-refractivity contribution is -0.173. The van der Waals surface area contributed by atoms with Crippen LogP contribution in [-0.4, -0.2) is 44.4 Å². The zero-order valence-corrected chi connectivity index (χ0v) is 22.5. The summed E-state index contributed by atoms with van der Waals surface area (Å²) in [5.41, 5.74) is 5.31. The number of likely N-dealkylation sites (tertiary alicyclic amines) is 1. The quantitative estimate of drug-likeness (QED) is 0.347. The van der Waals surface area contributed by atoms with Crippen molar-refractivity contribution in [2.45, 2.75) is 61.8 Å². The van der Waals surface area contributed by atoms with Gasteiger partial charge in [0.15, 0.2) is 17.6 Å². The van der Waals surface area contributed by atoms with Crippen molar-refractivity contribution in [1.82, 2.24) is 9.47 Å². The van der Waals surface area contributed by atoms with E-state index in [2.05, 4.69) is 45.9 Å². The van der Waals surface area contributed by atoms with E-state index in [9.17, 15) is 10.2 Å². The van der Waals surface area contributed by atoms with E-state index < -0.39 is 11.0 Å². The molecule has 2 aliphatic heterocycles. The molecule has 3 aromatic carbocycles. The number of fused-ring (bicyclic) bond motifs is 4. The minimum Gasteiger partial charge on any atom is -0.504 e. The molecule has 0 unspecified atom stereocenters. The van der Waals surface area contributed by atoms with E-state index in [0.717, 1.165) is 59.2 Å². The number of rotatable bonds is 4. The average molecular weight is 539 g/mol. The van der Waals surface area contributed by atoms with Gasteiger partial charge in [-0.3, -0.25) is 4.90 Å². The van der Waals surface area contributed by atoms with Crippen LogP contribution in [0.25, 0.3) is 10.9 Å². The molecule has 198 valence electrons. The molecule has 9 rings (SSSR count). The molecule has 1 saturated heterocycles. The third-order valence-corrected chi connectivity index (χ3v) is 10.8. The lowest BCUT2D eigenvalue weighted by Crippen LogP contribution is -2.74. The maximum Gasteiger partial charge on any atom is 0.166 e. The Morgan fingerprint density at radius 2 is 1.92 bits per heavy atom. The van der Waals surface area contributed by atoms with Gasteiger partial charge in [-0.15, -0.1) is 0 Å². The van der Waals surface area contributed by atoms with Crippen LogP contribution in [0.1, 0.15) is 53.3 Å². The lowest BCUT2D eigenvalue weighted by atomic mass is 9.49. The van der Waals surface area contributed by atoms with Crippen LogP contribution in [0.4, 0.5) is 0 Å². The number of aromatic hydroxyl groups is 1. The normalized spacial score (nSPS) is 30.2. The van der Waals surface area contributed by atoms with E-state index in [0.29, 0.717) is 18.7 Å². The molecule has 2 fully saturated rings. The fourth-order valence-corrected chi connectivity index (χ4v) is 9.00. The summed E-state index contributed by atoms with van der Waals surface area (Å²) in [6.07, 6.45) is 4.43. The van der Waals surface area contributed by atoms with Crippen LogP contribution in [-0.2, 0) is 24.8 Å². The zero-order chi connectivity index (χ0) is 26.1. The maximum absolute atomic E-state index is 13.1. The van der Waals surface area contributed by atoms with E-state index in [1.165, 1.54) is 29.4 Å². The van der Waals surface area contributed by atoms with E-state index in [-0.39, 0.29) is 17.9 Å². The molecule has 2 bridgehead atoms. The van der Waals surface area contributed by atoms with Gasteiger partial charge in [0.05, 0.1) is 16.7 Å². The first kappa shape index (κ1) is 22.8. The second-order valence-electron chi connectivity index (χ2n) is 12.5. The topological polar surface area (TPSA) is 57.9 Å². The number of hydrogen-bond acceptors (Lipinski definition) is 4. The number of nitrogens with zero attached hydrogens (tertiary/aromatic N) is 2. The highest BCUT2D eigenvalue weighted by atomic mass is 35.5. The van der Waals surface area contributed by atoms with Gasteiger partial charge in [0.1, 0.15) is 0 Å². The Kier molecular flexibility index (Phi) is 4.44. The van der Waals surface area contributed by atoms with Gasteiger partial charge in [0.2, 0.25) is 0 Å². The first-order chi connectivity index (χ1) is 19.0. The van der Waals surface area contributed by atoms with Crippen LogP contribution in [0.15, 0.2) is 60.7 Å². The first-order valence-corrected chi connectivity index (χ1v) is 14.7. The number of benzene rings is 3. The Hall–Kier alpha value is -2.99. The molecule has 4 aromatic rings. The van der Waals surface area contributed by atoms with Crippen molar-refractivity contribution in [3.8, 4) is 11.5 Å². The molecule has 5 aliphatic rings. The van der Waals surface area contributed by atoms with Crippen LogP contribution >= 0.6 is 11.6 Å². The zero-order valence-electron chi connectivity index (χ0n) is 21.7. The van der Waals surface area contributed by atoms with Crippen LogP contribution in [0.3, 0.4) is 0 Å². The van der Waals surface area contributed by atoms with Crippen molar-refractivity contribution < 1.29 is 14.9 Å². The molecule has 5 nitrogen and oxygen atoms in total. The number of halogens is 1. The summed E-state index contributed by atoms with van der Waals surface area (Å²) < 4.78 is 9.27. The summed E-state index contributed by atoms with van der Waals surface area (Å²) in [5, 5.41) is 26.1. The van der Waals surface area contributed by atoms with Crippen LogP contribution in [0.2, 0.25) is 5.02 Å². The van der Waals surface area contributed by atoms with Crippen molar-refractivity contribution in [2.24, 2.45) is 5.92 Å². The number of phenols is 1. The Morgan fingerprint density at radius 3 is 2.77 bits per heavy atom. The maximum atomic E-state index is 13.1. The molecule has 1 saturated carbocycles. The molecule has 3 aliphatic carbocycles. The highest BCUT2D eigenvalue weighted by molar-refractivity contribution is 6.30. The van der Waals surface area contributed by atoms with Crippen molar-refractivity contribution >= 4 is 22.5 Å². The van der Waals surface area contributed by atoms with Gasteiger partial charge < -0.3 is 19.5 Å². The highest BCUT2D eigenvalue weighted by Crippen LogP contribution is 2.69. The highest BCUT2D eigenvalue weighted by Gasteiger charge is 2.73. The van der Waals surface area contributed by atoms with Crippen molar-refractivity contribution in [3.63, 3.8) is 0 Å². The van der Waals surface area contributed by atoms with E-state index in [1.807, 2.05) is 18.2 Å². The molecule has 2 N–H and O–H groups in total. The third-order valence-electron chi connectivity index (χ3n) is 10.6. The Bertz CT molecular complexity index is 1690. The minimum absolute atomic E-state index is 0.0316. The predicted molar refractivity (Wildman–Crippen MR) is 151 cm³/mol. The third kappa shape index (κ3) is 2.83. The summed E-state index contributed by atoms with van der Waals surface area (Å²) in [6.45, 7) is 2.68. The summed E-state index contributed by atoms with van der Waals surface area (Å²) in [7, 11) is 0. The Labute approximate surface area is 232 Å². The van der Waals surface area contributed by atoms with E-state index in [4.69, 9.17) is 16.3 Å². The van der Waals surface area contributed by atoms with Crippen LogP contribution in [0.5, 0.6) is 11.5 Å². The van der Waals surface area contributed by atoms with E-state index >= 15 is 0 Å². The summed E-state index contributed by atoms with van der Waals surface area (Å²) in [5.74, 6) is 1.52. The van der Waals surface area contributed by atoms with Crippen molar-refractivity contribution in [2.75, 3.05) is 13.1 Å². The fourth-order valence-electron chi connectivity index (χ4n) is 8.79. The fraction of sp³-hybridized carbons (Fsp3) is 0.394. The summed E-state index contributed by atoms with van der Waals surface area (Å²) in [6, 6.07) is 20.5. The number of piperidine rings is 1. The Morgan fingerprint density at radius 1 is 1.05 bits per heavy atom. The number of hydrogen-bond donors (Lipinski definition) is 2. The van der Waals surface area contributed by atoms with Gasteiger partial charge in [0, 0.05) is 47.0 Å². The molecule has 1 spiro atoms. The second-order valence-corrected chi connectivity index (χ2v) is 13.0. The van der Waals surface area contributed by atoms with Gasteiger partial charge in [-0.2, -0.15) is 0 Å². The van der Waals surface area contributed by atoms with Gasteiger partial charge in [-0.05, 0) is 79.1 Å². The monoisotopic (exact) mass is 538 g/mol. The molecule has 3 heterocycles. The number of phenolic OH excluding ortho intramolecular Hbond substituents is 1. The average Bonchev–Trinajstić information content (AvgIpc) is 3.60. The van der Waals surface area contributed by atoms with Crippen LogP contribution in [0, 0.1) is 5.92 Å². The summed E-state index contributed by atoms with van der Waals surface area (Å²) >= 11 is 6.40. The van der Waals surface area contributed by atoms with Crippen LogP contribution < -0.4 is 4.74 Å². The number of para-hydroxylation sites is 1.